The van der Waals surface area contributed by atoms with Crippen LogP contribution in [-0.4, -0.2) is 56.8 Å². The number of carbonyl (C=O) groups is 1. The van der Waals surface area contributed by atoms with Crippen molar-refractivity contribution in [1.82, 2.24) is 9.80 Å². The number of para-hydroxylation sites is 1. The molecular weight excluding hydrogens is 446 g/mol. The summed E-state index contributed by atoms with van der Waals surface area (Å²) in [7, 11) is -3.90. The zero-order valence-corrected chi connectivity index (χ0v) is 20.5. The Kier molecular flexibility index (Phi) is 7.34. The second-order valence-electron chi connectivity index (χ2n) is 8.75. The van der Waals surface area contributed by atoms with Crippen LogP contribution in [0.5, 0.6) is 0 Å². The van der Waals surface area contributed by atoms with Crippen molar-refractivity contribution < 1.29 is 13.2 Å². The first-order valence-corrected chi connectivity index (χ1v) is 13.0. The summed E-state index contributed by atoms with van der Waals surface area (Å²) in [5, 5.41) is 0. The number of anilines is 1. The monoisotopic (exact) mass is 477 g/mol. The first-order chi connectivity index (χ1) is 16.3. The molecule has 1 aliphatic heterocycles. The Labute approximate surface area is 202 Å². The summed E-state index contributed by atoms with van der Waals surface area (Å²) in [4.78, 5) is 17.6. The zero-order valence-electron chi connectivity index (χ0n) is 19.7. The third kappa shape index (κ3) is 5.48. The summed E-state index contributed by atoms with van der Waals surface area (Å²) in [6.45, 7) is 7.08. The molecule has 1 heterocycles. The van der Waals surface area contributed by atoms with Crippen molar-refractivity contribution in [2.45, 2.75) is 25.3 Å². The van der Waals surface area contributed by atoms with Crippen molar-refractivity contribution in [2.75, 3.05) is 37.0 Å². The van der Waals surface area contributed by atoms with Gasteiger partial charge in [0, 0.05) is 32.7 Å². The smallest absolute Gasteiger partial charge is 0.264 e. The van der Waals surface area contributed by atoms with Gasteiger partial charge >= 0.3 is 0 Å². The predicted molar refractivity (Wildman–Crippen MR) is 135 cm³/mol. The van der Waals surface area contributed by atoms with Crippen LogP contribution in [0.3, 0.4) is 0 Å². The van der Waals surface area contributed by atoms with Crippen molar-refractivity contribution in [2.24, 2.45) is 0 Å². The van der Waals surface area contributed by atoms with Crippen LogP contribution in [0.1, 0.15) is 16.7 Å². The fourth-order valence-electron chi connectivity index (χ4n) is 4.20. The number of sulfonamides is 1. The van der Waals surface area contributed by atoms with Crippen molar-refractivity contribution in [3.8, 4) is 0 Å². The van der Waals surface area contributed by atoms with Gasteiger partial charge < -0.3 is 4.90 Å². The number of aryl methyl sites for hydroxylation is 2. The number of amides is 1. The fraction of sp³-hybridized carbons (Fsp3) is 0.296. The Balaban J connectivity index is 1.50. The van der Waals surface area contributed by atoms with Gasteiger partial charge in [0.05, 0.1) is 10.6 Å². The molecule has 0 saturated carbocycles. The molecule has 1 amide bonds. The van der Waals surface area contributed by atoms with Gasteiger partial charge in [-0.05, 0) is 43.2 Å². The van der Waals surface area contributed by atoms with Gasteiger partial charge in [-0.1, -0.05) is 66.2 Å². The second-order valence-corrected chi connectivity index (χ2v) is 10.6. The summed E-state index contributed by atoms with van der Waals surface area (Å²) in [5.74, 6) is -0.182. The summed E-state index contributed by atoms with van der Waals surface area (Å²) in [5.41, 5.74) is 3.56. The molecule has 6 nitrogen and oxygen atoms in total. The predicted octanol–water partition coefficient (Wildman–Crippen LogP) is 3.84. The maximum absolute atomic E-state index is 13.6. The molecule has 178 valence electrons. The summed E-state index contributed by atoms with van der Waals surface area (Å²) >= 11 is 0. The quantitative estimate of drug-likeness (QED) is 0.519. The molecule has 3 aromatic carbocycles. The van der Waals surface area contributed by atoms with E-state index < -0.39 is 10.0 Å². The van der Waals surface area contributed by atoms with Crippen LogP contribution in [0.15, 0.2) is 83.8 Å². The number of nitrogens with zero attached hydrogens (tertiary/aromatic N) is 3. The van der Waals surface area contributed by atoms with Crippen molar-refractivity contribution in [3.05, 3.63) is 95.6 Å². The molecule has 0 unspecified atom stereocenters. The highest BCUT2D eigenvalue weighted by Gasteiger charge is 2.31. The van der Waals surface area contributed by atoms with E-state index in [9.17, 15) is 13.2 Å². The van der Waals surface area contributed by atoms with Crippen LogP contribution in [-0.2, 0) is 21.4 Å². The topological polar surface area (TPSA) is 60.9 Å². The standard InChI is InChI=1S/C27H31N3O3S/c1-22-12-14-25(15-13-22)34(32,33)30(26-11-7-6-8-23(26)2)21-27(31)29-18-16-28(17-19-29)20-24-9-4-3-5-10-24/h3-15H,16-21H2,1-2H3. The van der Waals surface area contributed by atoms with Crippen LogP contribution in [0, 0.1) is 13.8 Å². The molecule has 1 saturated heterocycles. The van der Waals surface area contributed by atoms with Crippen LogP contribution in [0.2, 0.25) is 0 Å². The van der Waals surface area contributed by atoms with Gasteiger partial charge in [-0.2, -0.15) is 0 Å². The lowest BCUT2D eigenvalue weighted by Gasteiger charge is -2.36. The van der Waals surface area contributed by atoms with E-state index in [1.807, 2.05) is 44.2 Å². The Bertz CT molecular complexity index is 1220. The lowest BCUT2D eigenvalue weighted by molar-refractivity contribution is -0.131. The fourth-order valence-corrected chi connectivity index (χ4v) is 5.68. The molecule has 3 aromatic rings. The first kappa shape index (κ1) is 24.0. The second kappa shape index (κ2) is 10.4. The van der Waals surface area contributed by atoms with Crippen molar-refractivity contribution >= 4 is 21.6 Å². The molecule has 0 atom stereocenters. The van der Waals surface area contributed by atoms with Crippen LogP contribution >= 0.6 is 0 Å². The zero-order chi connectivity index (χ0) is 24.1. The first-order valence-electron chi connectivity index (χ1n) is 11.5. The highest BCUT2D eigenvalue weighted by Crippen LogP contribution is 2.27. The Hall–Kier alpha value is -3.16. The average molecular weight is 478 g/mol. The number of benzene rings is 3. The average Bonchev–Trinajstić information content (AvgIpc) is 2.84. The third-order valence-corrected chi connectivity index (χ3v) is 8.02. The normalized spacial score (nSPS) is 14.7. The number of hydrogen-bond acceptors (Lipinski definition) is 4. The van der Waals surface area contributed by atoms with Gasteiger partial charge in [-0.15, -0.1) is 0 Å². The van der Waals surface area contributed by atoms with Gasteiger partial charge in [0.25, 0.3) is 10.0 Å². The van der Waals surface area contributed by atoms with Gasteiger partial charge in [0.1, 0.15) is 6.54 Å². The van der Waals surface area contributed by atoms with Crippen LogP contribution in [0.25, 0.3) is 0 Å². The molecule has 0 spiro atoms. The molecule has 34 heavy (non-hydrogen) atoms. The van der Waals surface area contributed by atoms with E-state index in [2.05, 4.69) is 17.0 Å². The summed E-state index contributed by atoms with van der Waals surface area (Å²) < 4.78 is 28.5. The maximum Gasteiger partial charge on any atom is 0.264 e. The number of rotatable bonds is 7. The van der Waals surface area contributed by atoms with E-state index in [4.69, 9.17) is 0 Å². The Morgan fingerprint density at radius 1 is 0.824 bits per heavy atom. The minimum atomic E-state index is -3.90. The molecule has 0 radical (unpaired) electrons. The highest BCUT2D eigenvalue weighted by atomic mass is 32.2. The minimum absolute atomic E-state index is 0.182. The van der Waals surface area contributed by atoms with Gasteiger partial charge in [0.15, 0.2) is 0 Å². The molecule has 1 fully saturated rings. The molecule has 0 aliphatic carbocycles. The van der Waals surface area contributed by atoms with Crippen LogP contribution < -0.4 is 4.31 Å². The molecule has 7 heteroatoms. The van der Waals surface area contributed by atoms with Gasteiger partial charge in [-0.3, -0.25) is 14.0 Å². The summed E-state index contributed by atoms with van der Waals surface area (Å²) in [6, 6.07) is 24.3. The largest absolute Gasteiger partial charge is 0.339 e. The van der Waals surface area contributed by atoms with Crippen molar-refractivity contribution in [3.63, 3.8) is 0 Å². The number of piperazine rings is 1. The molecule has 0 aromatic heterocycles. The Morgan fingerprint density at radius 2 is 1.44 bits per heavy atom. The molecule has 0 N–H and O–H groups in total. The Morgan fingerprint density at radius 3 is 2.09 bits per heavy atom. The lowest BCUT2D eigenvalue weighted by atomic mass is 10.2. The van der Waals surface area contributed by atoms with E-state index in [-0.39, 0.29) is 17.3 Å². The van der Waals surface area contributed by atoms with E-state index in [0.29, 0.717) is 18.8 Å². The van der Waals surface area contributed by atoms with Crippen LogP contribution in [0.4, 0.5) is 5.69 Å². The molecule has 1 aliphatic rings. The van der Waals surface area contributed by atoms with Gasteiger partial charge in [0.2, 0.25) is 5.91 Å². The third-order valence-electron chi connectivity index (χ3n) is 6.25. The van der Waals surface area contributed by atoms with Gasteiger partial charge in [-0.25, -0.2) is 8.42 Å². The van der Waals surface area contributed by atoms with E-state index in [0.717, 1.165) is 30.8 Å². The van der Waals surface area contributed by atoms with Crippen molar-refractivity contribution in [1.29, 1.82) is 0 Å². The molecular formula is C27H31N3O3S. The SMILES string of the molecule is Cc1ccc(S(=O)(=O)N(CC(=O)N2CCN(Cc3ccccc3)CC2)c2ccccc2C)cc1. The summed E-state index contributed by atoms with van der Waals surface area (Å²) in [6.07, 6.45) is 0. The number of carbonyl (C=O) groups excluding carboxylic acids is 1. The molecule has 0 bridgehead atoms. The maximum atomic E-state index is 13.6. The minimum Gasteiger partial charge on any atom is -0.339 e. The highest BCUT2D eigenvalue weighted by molar-refractivity contribution is 7.92. The van der Waals surface area contributed by atoms with E-state index >= 15 is 0 Å². The lowest BCUT2D eigenvalue weighted by Crippen LogP contribution is -2.51. The van der Waals surface area contributed by atoms with E-state index in [1.165, 1.54) is 9.87 Å². The number of hydrogen-bond donors (Lipinski definition) is 0. The molecule has 4 rings (SSSR count). The van der Waals surface area contributed by atoms with E-state index in [1.54, 1.807) is 41.3 Å².